The average molecular weight is 409 g/mol. The third kappa shape index (κ3) is 5.21. The lowest BCUT2D eigenvalue weighted by atomic mass is 10.1. The largest absolute Gasteiger partial charge is 0.485 e. The highest BCUT2D eigenvalue weighted by Crippen LogP contribution is 2.23. The molecule has 3 aromatic carbocycles. The fourth-order valence-electron chi connectivity index (χ4n) is 2.58. The zero-order valence-corrected chi connectivity index (χ0v) is 16.0. The second-order valence-corrected chi connectivity index (χ2v) is 6.55. The van der Waals surface area contributed by atoms with Crippen LogP contribution in [0.3, 0.4) is 0 Å². The number of ketones is 1. The van der Waals surface area contributed by atoms with E-state index in [1.807, 2.05) is 6.07 Å². The van der Waals surface area contributed by atoms with E-state index >= 15 is 0 Å². The summed E-state index contributed by atoms with van der Waals surface area (Å²) in [4.78, 5) is 36.0. The van der Waals surface area contributed by atoms with Crippen molar-refractivity contribution in [2.45, 2.75) is 0 Å². The Kier molecular flexibility index (Phi) is 6.26. The minimum Gasteiger partial charge on any atom is -0.485 e. The van der Waals surface area contributed by atoms with Crippen molar-refractivity contribution in [3.8, 4) is 5.75 Å². The number of Topliss-reactive ketones (excluding diaryl/α,β-unsaturated/α-hetero) is 1. The summed E-state index contributed by atoms with van der Waals surface area (Å²) in [7, 11) is 0. The maximum atomic E-state index is 12.4. The van der Waals surface area contributed by atoms with E-state index in [9.17, 15) is 14.4 Å². The second kappa shape index (κ2) is 9.03. The fraction of sp³-hybridized carbons (Fsp3) is 0.0455. The number of ether oxygens (including phenoxy) is 1. The minimum absolute atomic E-state index is 0.101. The van der Waals surface area contributed by atoms with Gasteiger partial charge in [0.25, 0.3) is 11.8 Å². The summed E-state index contributed by atoms with van der Waals surface area (Å²) in [5.74, 6) is -1.05. The smallest absolute Gasteiger partial charge is 0.255 e. The van der Waals surface area contributed by atoms with E-state index in [4.69, 9.17) is 22.1 Å². The van der Waals surface area contributed by atoms with Gasteiger partial charge in [0.05, 0.1) is 5.56 Å². The number of rotatable bonds is 7. The van der Waals surface area contributed by atoms with E-state index in [-0.39, 0.29) is 29.6 Å². The Bertz CT molecular complexity index is 1050. The third-order valence-corrected chi connectivity index (χ3v) is 4.30. The lowest BCUT2D eigenvalue weighted by Crippen LogP contribution is -2.16. The number of carbonyl (C=O) groups excluding carboxylic acids is 3. The topological polar surface area (TPSA) is 98.5 Å². The highest BCUT2D eigenvalue weighted by atomic mass is 35.5. The number of hydrogen-bond donors (Lipinski definition) is 2. The number of carbonyl (C=O) groups is 3. The van der Waals surface area contributed by atoms with Gasteiger partial charge in [-0.05, 0) is 54.6 Å². The molecule has 0 saturated carbocycles. The van der Waals surface area contributed by atoms with Crippen LogP contribution >= 0.6 is 11.6 Å². The number of nitrogens with two attached hydrogens (primary N) is 1. The maximum Gasteiger partial charge on any atom is 0.255 e. The standard InChI is InChI=1S/C22H17ClN2O4/c23-16-8-11-20(18(12-16)21(24)27)29-13-19(26)14-6-9-17(10-7-14)25-22(28)15-4-2-1-3-5-15/h1-12H,13H2,(H2,24,27)(H,25,28). The van der Waals surface area contributed by atoms with Gasteiger partial charge in [0, 0.05) is 21.8 Å². The van der Waals surface area contributed by atoms with E-state index in [0.717, 1.165) is 0 Å². The van der Waals surface area contributed by atoms with Gasteiger partial charge in [0.1, 0.15) is 5.75 Å². The molecule has 29 heavy (non-hydrogen) atoms. The maximum absolute atomic E-state index is 12.4. The molecule has 0 radical (unpaired) electrons. The molecule has 0 spiro atoms. The summed E-state index contributed by atoms with van der Waals surface area (Å²) in [6.45, 7) is -0.280. The van der Waals surface area contributed by atoms with Gasteiger partial charge in [-0.1, -0.05) is 29.8 Å². The molecule has 6 nitrogen and oxygen atoms in total. The van der Waals surface area contributed by atoms with E-state index in [1.165, 1.54) is 18.2 Å². The van der Waals surface area contributed by atoms with Gasteiger partial charge >= 0.3 is 0 Å². The number of amides is 2. The van der Waals surface area contributed by atoms with Crippen LogP contribution in [0.4, 0.5) is 5.69 Å². The molecule has 146 valence electrons. The second-order valence-electron chi connectivity index (χ2n) is 6.11. The molecule has 0 bridgehead atoms. The highest BCUT2D eigenvalue weighted by Gasteiger charge is 2.13. The van der Waals surface area contributed by atoms with Gasteiger partial charge in [-0.15, -0.1) is 0 Å². The lowest BCUT2D eigenvalue weighted by Gasteiger charge is -2.10. The van der Waals surface area contributed by atoms with Crippen LogP contribution in [-0.2, 0) is 0 Å². The van der Waals surface area contributed by atoms with Gasteiger partial charge < -0.3 is 15.8 Å². The summed E-state index contributed by atoms with van der Waals surface area (Å²) in [5.41, 5.74) is 6.90. The number of hydrogen-bond acceptors (Lipinski definition) is 4. The predicted molar refractivity (Wildman–Crippen MR) is 111 cm³/mol. The van der Waals surface area contributed by atoms with Crippen LogP contribution in [0.2, 0.25) is 5.02 Å². The van der Waals surface area contributed by atoms with E-state index in [0.29, 0.717) is 21.8 Å². The van der Waals surface area contributed by atoms with Crippen LogP contribution in [0, 0.1) is 0 Å². The van der Waals surface area contributed by atoms with Gasteiger partial charge in [-0.3, -0.25) is 14.4 Å². The first-order valence-electron chi connectivity index (χ1n) is 8.66. The lowest BCUT2D eigenvalue weighted by molar-refractivity contribution is 0.0912. The van der Waals surface area contributed by atoms with Crippen LogP contribution in [0.15, 0.2) is 72.8 Å². The molecule has 0 aliphatic rings. The molecule has 3 aromatic rings. The van der Waals surface area contributed by atoms with Gasteiger partial charge in [0.15, 0.2) is 12.4 Å². The van der Waals surface area contributed by atoms with Crippen LogP contribution in [0.25, 0.3) is 0 Å². The number of primary amides is 1. The molecule has 0 fully saturated rings. The first-order chi connectivity index (χ1) is 13.9. The monoisotopic (exact) mass is 408 g/mol. The fourth-order valence-corrected chi connectivity index (χ4v) is 2.75. The Balaban J connectivity index is 1.62. The molecule has 0 atom stereocenters. The van der Waals surface area contributed by atoms with Crippen molar-refractivity contribution in [1.82, 2.24) is 0 Å². The van der Waals surface area contributed by atoms with Crippen molar-refractivity contribution in [2.75, 3.05) is 11.9 Å². The summed E-state index contributed by atoms with van der Waals surface area (Å²) in [6, 6.07) is 19.6. The summed E-state index contributed by atoms with van der Waals surface area (Å²) < 4.78 is 5.44. The Morgan fingerprint density at radius 2 is 1.59 bits per heavy atom. The van der Waals surface area contributed by atoms with Crippen LogP contribution in [-0.4, -0.2) is 24.2 Å². The zero-order chi connectivity index (χ0) is 20.8. The SMILES string of the molecule is NC(=O)c1cc(Cl)ccc1OCC(=O)c1ccc(NC(=O)c2ccccc2)cc1. The summed E-state index contributed by atoms with van der Waals surface area (Å²) in [6.07, 6.45) is 0. The number of nitrogens with one attached hydrogen (secondary N) is 1. The Hall–Kier alpha value is -3.64. The predicted octanol–water partition coefficient (Wildman–Crippen LogP) is 3.95. The molecule has 0 aromatic heterocycles. The van der Waals surface area contributed by atoms with Crippen molar-refractivity contribution in [3.05, 3.63) is 94.5 Å². The molecule has 0 saturated heterocycles. The summed E-state index contributed by atoms with van der Waals surface area (Å²) in [5, 5.41) is 3.10. The molecule has 0 unspecified atom stereocenters. The normalized spacial score (nSPS) is 10.2. The van der Waals surface area contributed by atoms with Crippen molar-refractivity contribution in [3.63, 3.8) is 0 Å². The Morgan fingerprint density at radius 3 is 2.24 bits per heavy atom. The molecular formula is C22H17ClN2O4. The van der Waals surface area contributed by atoms with Crippen LogP contribution in [0.1, 0.15) is 31.1 Å². The first-order valence-corrected chi connectivity index (χ1v) is 9.03. The quantitative estimate of drug-likeness (QED) is 0.578. The molecule has 3 rings (SSSR count). The molecule has 3 N–H and O–H groups in total. The zero-order valence-electron chi connectivity index (χ0n) is 15.2. The number of benzene rings is 3. The average Bonchev–Trinajstić information content (AvgIpc) is 2.73. The van der Waals surface area contributed by atoms with Gasteiger partial charge in [-0.25, -0.2) is 0 Å². The van der Waals surface area contributed by atoms with E-state index in [2.05, 4.69) is 5.32 Å². The molecule has 0 heterocycles. The van der Waals surface area contributed by atoms with Crippen LogP contribution in [0.5, 0.6) is 5.75 Å². The molecule has 7 heteroatoms. The molecule has 2 amide bonds. The van der Waals surface area contributed by atoms with E-state index in [1.54, 1.807) is 48.5 Å². The van der Waals surface area contributed by atoms with E-state index < -0.39 is 5.91 Å². The minimum atomic E-state index is -0.701. The van der Waals surface area contributed by atoms with Crippen LogP contribution < -0.4 is 15.8 Å². The Morgan fingerprint density at radius 1 is 0.897 bits per heavy atom. The number of halogens is 1. The summed E-state index contributed by atoms with van der Waals surface area (Å²) >= 11 is 5.85. The third-order valence-electron chi connectivity index (χ3n) is 4.07. The first kappa shape index (κ1) is 20.1. The molecule has 0 aliphatic heterocycles. The molecular weight excluding hydrogens is 392 g/mol. The van der Waals surface area contributed by atoms with Crippen molar-refractivity contribution in [1.29, 1.82) is 0 Å². The van der Waals surface area contributed by atoms with Crippen molar-refractivity contribution >= 4 is 34.9 Å². The molecule has 0 aliphatic carbocycles. The van der Waals surface area contributed by atoms with Crippen molar-refractivity contribution in [2.24, 2.45) is 5.73 Å². The highest BCUT2D eigenvalue weighted by molar-refractivity contribution is 6.31. The van der Waals surface area contributed by atoms with Gasteiger partial charge in [0.2, 0.25) is 0 Å². The van der Waals surface area contributed by atoms with Gasteiger partial charge in [-0.2, -0.15) is 0 Å². The Labute approximate surface area is 172 Å². The number of anilines is 1. The van der Waals surface area contributed by atoms with Crippen molar-refractivity contribution < 1.29 is 19.1 Å².